The summed E-state index contributed by atoms with van der Waals surface area (Å²) in [4.78, 5) is 3.44. The van der Waals surface area contributed by atoms with Gasteiger partial charge in [0.05, 0.1) is 0 Å². The summed E-state index contributed by atoms with van der Waals surface area (Å²) in [6, 6.07) is 11.1. The predicted octanol–water partition coefficient (Wildman–Crippen LogP) is 2.65. The zero-order chi connectivity index (χ0) is 12.8. The van der Waals surface area contributed by atoms with Gasteiger partial charge in [0.25, 0.3) is 0 Å². The van der Waals surface area contributed by atoms with Gasteiger partial charge in [-0.1, -0.05) is 25.1 Å². The maximum atomic E-state index is 3.53. The van der Waals surface area contributed by atoms with Crippen molar-refractivity contribution in [1.29, 1.82) is 0 Å². The molecule has 1 aromatic carbocycles. The second-order valence-electron chi connectivity index (χ2n) is 4.87. The number of benzene rings is 1. The molecule has 18 heavy (non-hydrogen) atoms. The minimum absolute atomic E-state index is 0.489. The Balaban J connectivity index is 1.82. The highest BCUT2D eigenvalue weighted by Crippen LogP contribution is 2.14. The number of hydrogen-bond acceptors (Lipinski definition) is 2. The van der Waals surface area contributed by atoms with Crippen molar-refractivity contribution >= 4 is 10.9 Å². The molecule has 3 nitrogen and oxygen atoms in total. The van der Waals surface area contributed by atoms with Crippen LogP contribution >= 0.6 is 0 Å². The first kappa shape index (κ1) is 13.1. The van der Waals surface area contributed by atoms with E-state index >= 15 is 0 Å². The highest BCUT2D eigenvalue weighted by atomic mass is 15.0. The van der Waals surface area contributed by atoms with Crippen molar-refractivity contribution in [2.75, 3.05) is 13.1 Å². The van der Waals surface area contributed by atoms with Crippen molar-refractivity contribution in [3.8, 4) is 0 Å². The topological polar surface area (TPSA) is 39.8 Å². The molecule has 98 valence electrons. The number of fused-ring (bicyclic) bond motifs is 1. The van der Waals surface area contributed by atoms with Crippen LogP contribution in [0.4, 0.5) is 0 Å². The highest BCUT2D eigenvalue weighted by molar-refractivity contribution is 5.80. The summed E-state index contributed by atoms with van der Waals surface area (Å²) in [5.74, 6) is 0. The molecule has 0 radical (unpaired) electrons. The summed E-state index contributed by atoms with van der Waals surface area (Å²) >= 11 is 0. The summed E-state index contributed by atoms with van der Waals surface area (Å²) in [5, 5.41) is 8.23. The lowest BCUT2D eigenvalue weighted by molar-refractivity contribution is 0.499. The standard InChI is InChI=1S/C15H23N3/c1-3-8-16-10-12(2)17-11-14-9-13-6-4-5-7-15(13)18-14/h4-7,9,12,16-18H,3,8,10-11H2,1-2H3. The van der Waals surface area contributed by atoms with Crippen LogP contribution in [-0.2, 0) is 6.54 Å². The van der Waals surface area contributed by atoms with E-state index in [0.717, 1.165) is 19.6 Å². The molecule has 0 amide bonds. The van der Waals surface area contributed by atoms with Crippen molar-refractivity contribution < 1.29 is 0 Å². The maximum absolute atomic E-state index is 3.53. The van der Waals surface area contributed by atoms with E-state index in [1.165, 1.54) is 23.0 Å². The monoisotopic (exact) mass is 245 g/mol. The molecule has 0 saturated heterocycles. The average Bonchev–Trinajstić information content (AvgIpc) is 2.79. The Morgan fingerprint density at radius 1 is 1.28 bits per heavy atom. The van der Waals surface area contributed by atoms with Crippen LogP contribution in [0, 0.1) is 0 Å². The molecule has 1 atom stereocenters. The quantitative estimate of drug-likeness (QED) is 0.656. The average molecular weight is 245 g/mol. The molecule has 1 unspecified atom stereocenters. The molecule has 0 saturated carbocycles. The Bertz CT molecular complexity index is 442. The number of rotatable bonds is 7. The zero-order valence-corrected chi connectivity index (χ0v) is 11.3. The van der Waals surface area contributed by atoms with E-state index in [1.54, 1.807) is 0 Å². The predicted molar refractivity (Wildman–Crippen MR) is 77.8 cm³/mol. The van der Waals surface area contributed by atoms with E-state index in [1.807, 2.05) is 0 Å². The van der Waals surface area contributed by atoms with Gasteiger partial charge in [-0.3, -0.25) is 0 Å². The third-order valence-corrected chi connectivity index (χ3v) is 3.10. The zero-order valence-electron chi connectivity index (χ0n) is 11.3. The fourth-order valence-corrected chi connectivity index (χ4v) is 2.08. The smallest absolute Gasteiger partial charge is 0.0456 e. The number of para-hydroxylation sites is 1. The van der Waals surface area contributed by atoms with Gasteiger partial charge >= 0.3 is 0 Å². The van der Waals surface area contributed by atoms with Gasteiger partial charge in [0.2, 0.25) is 0 Å². The molecule has 0 aliphatic carbocycles. The number of nitrogens with one attached hydrogen (secondary N) is 3. The maximum Gasteiger partial charge on any atom is 0.0456 e. The van der Waals surface area contributed by atoms with Gasteiger partial charge in [0, 0.05) is 30.3 Å². The summed E-state index contributed by atoms with van der Waals surface area (Å²) in [5.41, 5.74) is 2.46. The highest BCUT2D eigenvalue weighted by Gasteiger charge is 2.03. The van der Waals surface area contributed by atoms with Crippen LogP contribution in [0.2, 0.25) is 0 Å². The van der Waals surface area contributed by atoms with Gasteiger partial charge in [0.1, 0.15) is 0 Å². The lowest BCUT2D eigenvalue weighted by Crippen LogP contribution is -2.36. The summed E-state index contributed by atoms with van der Waals surface area (Å²) < 4.78 is 0. The van der Waals surface area contributed by atoms with Gasteiger partial charge in [-0.05, 0) is 37.4 Å². The molecule has 0 spiro atoms. The van der Waals surface area contributed by atoms with Gasteiger partial charge in [-0.2, -0.15) is 0 Å². The fraction of sp³-hybridized carbons (Fsp3) is 0.467. The van der Waals surface area contributed by atoms with Crippen LogP contribution < -0.4 is 10.6 Å². The molecular weight excluding hydrogens is 222 g/mol. The van der Waals surface area contributed by atoms with Crippen LogP contribution in [0.5, 0.6) is 0 Å². The molecule has 3 N–H and O–H groups in total. The van der Waals surface area contributed by atoms with E-state index in [-0.39, 0.29) is 0 Å². The van der Waals surface area contributed by atoms with Gasteiger partial charge in [-0.15, -0.1) is 0 Å². The molecule has 3 heteroatoms. The van der Waals surface area contributed by atoms with E-state index < -0.39 is 0 Å². The van der Waals surface area contributed by atoms with Crippen LogP contribution in [0.25, 0.3) is 10.9 Å². The third kappa shape index (κ3) is 3.59. The molecular formula is C15H23N3. The molecule has 0 aliphatic heterocycles. The Hall–Kier alpha value is -1.32. The Labute approximate surface area is 109 Å². The largest absolute Gasteiger partial charge is 0.357 e. The Kier molecular flexibility index (Phi) is 4.79. The summed E-state index contributed by atoms with van der Waals surface area (Å²) in [6.45, 7) is 7.41. The van der Waals surface area contributed by atoms with E-state index in [4.69, 9.17) is 0 Å². The molecule has 0 aliphatic rings. The number of aromatic amines is 1. The normalized spacial score (nSPS) is 13.0. The van der Waals surface area contributed by atoms with E-state index in [9.17, 15) is 0 Å². The van der Waals surface area contributed by atoms with E-state index in [2.05, 4.69) is 59.8 Å². The Morgan fingerprint density at radius 3 is 2.89 bits per heavy atom. The first-order valence-corrected chi connectivity index (χ1v) is 6.80. The lowest BCUT2D eigenvalue weighted by Gasteiger charge is -2.13. The molecule has 0 bridgehead atoms. The minimum Gasteiger partial charge on any atom is -0.357 e. The Morgan fingerprint density at radius 2 is 2.11 bits per heavy atom. The fourth-order valence-electron chi connectivity index (χ4n) is 2.08. The summed E-state index contributed by atoms with van der Waals surface area (Å²) in [7, 11) is 0. The third-order valence-electron chi connectivity index (χ3n) is 3.10. The molecule has 1 aromatic heterocycles. The van der Waals surface area contributed by atoms with Crippen LogP contribution in [0.3, 0.4) is 0 Å². The van der Waals surface area contributed by atoms with Crippen molar-refractivity contribution in [3.63, 3.8) is 0 Å². The van der Waals surface area contributed by atoms with Gasteiger partial charge < -0.3 is 15.6 Å². The molecule has 0 fully saturated rings. The first-order chi connectivity index (χ1) is 8.79. The number of hydrogen-bond donors (Lipinski definition) is 3. The van der Waals surface area contributed by atoms with Crippen LogP contribution in [0.15, 0.2) is 30.3 Å². The minimum atomic E-state index is 0.489. The van der Waals surface area contributed by atoms with Crippen molar-refractivity contribution in [1.82, 2.24) is 15.6 Å². The number of H-pyrrole nitrogens is 1. The van der Waals surface area contributed by atoms with E-state index in [0.29, 0.717) is 6.04 Å². The van der Waals surface area contributed by atoms with Crippen LogP contribution in [-0.4, -0.2) is 24.1 Å². The molecule has 2 aromatic rings. The van der Waals surface area contributed by atoms with Crippen molar-refractivity contribution in [2.45, 2.75) is 32.9 Å². The number of aromatic nitrogens is 1. The summed E-state index contributed by atoms with van der Waals surface area (Å²) in [6.07, 6.45) is 1.19. The first-order valence-electron chi connectivity index (χ1n) is 6.80. The SMILES string of the molecule is CCCNCC(C)NCc1cc2ccccc2[nH]1. The lowest BCUT2D eigenvalue weighted by atomic mass is 10.2. The van der Waals surface area contributed by atoms with Gasteiger partial charge in [0.15, 0.2) is 0 Å². The second kappa shape index (κ2) is 6.57. The van der Waals surface area contributed by atoms with Crippen molar-refractivity contribution in [3.05, 3.63) is 36.0 Å². The molecule has 2 rings (SSSR count). The van der Waals surface area contributed by atoms with Crippen LogP contribution in [0.1, 0.15) is 26.0 Å². The van der Waals surface area contributed by atoms with Gasteiger partial charge in [-0.25, -0.2) is 0 Å². The molecule has 1 heterocycles. The second-order valence-corrected chi connectivity index (χ2v) is 4.87. The van der Waals surface area contributed by atoms with Crippen molar-refractivity contribution in [2.24, 2.45) is 0 Å².